The Hall–Kier alpha value is -1.70. The van der Waals surface area contributed by atoms with Crippen LogP contribution in [0.1, 0.15) is 46.1 Å². The molecule has 1 N–H and O–H groups in total. The van der Waals surface area contributed by atoms with Gasteiger partial charge in [-0.1, -0.05) is 24.6 Å². The van der Waals surface area contributed by atoms with E-state index in [0.29, 0.717) is 23.9 Å². The zero-order chi connectivity index (χ0) is 19.8. The van der Waals surface area contributed by atoms with Gasteiger partial charge >= 0.3 is 0 Å². The fourth-order valence-electron chi connectivity index (χ4n) is 3.64. The van der Waals surface area contributed by atoms with Crippen molar-refractivity contribution in [3.8, 4) is 0 Å². The summed E-state index contributed by atoms with van der Waals surface area (Å²) in [4.78, 5) is 13.3. The van der Waals surface area contributed by atoms with Gasteiger partial charge in [-0.2, -0.15) is 4.31 Å². The Labute approximate surface area is 165 Å². The van der Waals surface area contributed by atoms with Gasteiger partial charge in [0.25, 0.3) is 5.91 Å². The lowest BCUT2D eigenvalue weighted by atomic mass is 10.0. The predicted molar refractivity (Wildman–Crippen MR) is 110 cm³/mol. The van der Waals surface area contributed by atoms with Gasteiger partial charge in [0.15, 0.2) is 0 Å². The third-order valence-electron chi connectivity index (χ3n) is 4.97. The van der Waals surface area contributed by atoms with E-state index in [4.69, 9.17) is 0 Å². The molecule has 7 heteroatoms. The van der Waals surface area contributed by atoms with Crippen LogP contribution in [0.25, 0.3) is 0 Å². The first kappa shape index (κ1) is 20.0. The Bertz CT molecular complexity index is 940. The molecule has 1 saturated heterocycles. The number of nitrogens with zero attached hydrogens (tertiary/aromatic N) is 1. The molecule has 1 atom stereocenters. The second-order valence-electron chi connectivity index (χ2n) is 7.48. The molecule has 1 aliphatic rings. The van der Waals surface area contributed by atoms with E-state index in [2.05, 4.69) is 12.2 Å². The molecule has 146 valence electrons. The fraction of sp³-hybridized carbons (Fsp3) is 0.450. The number of amides is 1. The van der Waals surface area contributed by atoms with Crippen LogP contribution in [0, 0.1) is 26.7 Å². The van der Waals surface area contributed by atoms with Gasteiger partial charge < -0.3 is 5.32 Å². The van der Waals surface area contributed by atoms with E-state index < -0.39 is 10.0 Å². The van der Waals surface area contributed by atoms with Crippen molar-refractivity contribution >= 4 is 33.0 Å². The van der Waals surface area contributed by atoms with Gasteiger partial charge in [0.2, 0.25) is 10.0 Å². The summed E-state index contributed by atoms with van der Waals surface area (Å²) in [5.41, 5.74) is 3.91. The average molecular weight is 407 g/mol. The maximum Gasteiger partial charge on any atom is 0.265 e. The molecule has 3 rings (SSSR count). The average Bonchev–Trinajstić information content (AvgIpc) is 3.09. The summed E-state index contributed by atoms with van der Waals surface area (Å²) in [5, 5.41) is 4.50. The molecule has 5 nitrogen and oxygen atoms in total. The minimum absolute atomic E-state index is 0.212. The number of piperidine rings is 1. The van der Waals surface area contributed by atoms with Gasteiger partial charge in [0.05, 0.1) is 9.77 Å². The molecule has 1 fully saturated rings. The van der Waals surface area contributed by atoms with E-state index >= 15 is 0 Å². The normalized spacial score (nSPS) is 18.4. The second kappa shape index (κ2) is 7.73. The van der Waals surface area contributed by atoms with Gasteiger partial charge in [-0.25, -0.2) is 8.42 Å². The van der Waals surface area contributed by atoms with Crippen LogP contribution in [-0.2, 0) is 10.0 Å². The molecule has 1 amide bonds. The van der Waals surface area contributed by atoms with Crippen molar-refractivity contribution in [3.63, 3.8) is 0 Å². The summed E-state index contributed by atoms with van der Waals surface area (Å²) in [6.07, 6.45) is 1.93. The van der Waals surface area contributed by atoms with Crippen molar-refractivity contribution in [1.29, 1.82) is 0 Å². The lowest BCUT2D eigenvalue weighted by Crippen LogP contribution is -2.38. The minimum Gasteiger partial charge on any atom is -0.321 e. The summed E-state index contributed by atoms with van der Waals surface area (Å²) in [6, 6.07) is 5.53. The van der Waals surface area contributed by atoms with Crippen LogP contribution in [0.3, 0.4) is 0 Å². The number of carbonyl (C=O) groups is 1. The Morgan fingerprint density at radius 3 is 2.48 bits per heavy atom. The summed E-state index contributed by atoms with van der Waals surface area (Å²) in [5.74, 6) is 0.0888. The van der Waals surface area contributed by atoms with Gasteiger partial charge in [0.1, 0.15) is 0 Å². The maximum absolute atomic E-state index is 12.9. The third-order valence-corrected chi connectivity index (χ3v) is 7.89. The first-order valence-electron chi connectivity index (χ1n) is 9.16. The number of aryl methyl sites for hydroxylation is 3. The quantitative estimate of drug-likeness (QED) is 0.821. The zero-order valence-electron chi connectivity index (χ0n) is 16.2. The Morgan fingerprint density at radius 1 is 1.19 bits per heavy atom. The van der Waals surface area contributed by atoms with Gasteiger partial charge in [0, 0.05) is 24.2 Å². The highest BCUT2D eigenvalue weighted by Crippen LogP contribution is 2.28. The van der Waals surface area contributed by atoms with Crippen molar-refractivity contribution in [2.75, 3.05) is 18.4 Å². The topological polar surface area (TPSA) is 66.5 Å². The SMILES string of the molecule is Cc1cc(C)c(NC(=O)c2cc(S(=O)(=O)N3CCCC(C)C3)cs2)c(C)c1. The monoisotopic (exact) mass is 406 g/mol. The maximum atomic E-state index is 12.9. The highest BCUT2D eigenvalue weighted by Gasteiger charge is 2.30. The van der Waals surface area contributed by atoms with E-state index in [1.807, 2.05) is 32.9 Å². The Kier molecular flexibility index (Phi) is 5.74. The van der Waals surface area contributed by atoms with Crippen LogP contribution >= 0.6 is 11.3 Å². The number of carbonyl (C=O) groups excluding carboxylic acids is 1. The number of hydrogen-bond donors (Lipinski definition) is 1. The molecule has 1 aromatic carbocycles. The molecule has 1 aliphatic heterocycles. The lowest BCUT2D eigenvalue weighted by Gasteiger charge is -2.29. The summed E-state index contributed by atoms with van der Waals surface area (Å²) in [7, 11) is -3.54. The first-order chi connectivity index (χ1) is 12.7. The summed E-state index contributed by atoms with van der Waals surface area (Å²) >= 11 is 1.17. The van der Waals surface area contributed by atoms with Crippen LogP contribution in [0.5, 0.6) is 0 Å². The van der Waals surface area contributed by atoms with Crippen LogP contribution < -0.4 is 5.32 Å². The third kappa shape index (κ3) is 4.25. The van der Waals surface area contributed by atoms with E-state index in [-0.39, 0.29) is 10.8 Å². The molecule has 0 spiro atoms. The van der Waals surface area contributed by atoms with Crippen LogP contribution in [-0.4, -0.2) is 31.7 Å². The second-order valence-corrected chi connectivity index (χ2v) is 10.3. The number of hydrogen-bond acceptors (Lipinski definition) is 4. The van der Waals surface area contributed by atoms with E-state index in [9.17, 15) is 13.2 Å². The highest BCUT2D eigenvalue weighted by molar-refractivity contribution is 7.89. The van der Waals surface area contributed by atoms with E-state index in [1.54, 1.807) is 9.69 Å². The van der Waals surface area contributed by atoms with Gasteiger partial charge in [-0.05, 0) is 56.7 Å². The molecule has 0 bridgehead atoms. The number of nitrogens with one attached hydrogen (secondary N) is 1. The molecule has 0 aliphatic carbocycles. The molecule has 2 heterocycles. The zero-order valence-corrected chi connectivity index (χ0v) is 17.8. The standard InChI is InChI=1S/C20H26N2O3S2/c1-13-6-5-7-22(11-13)27(24,25)17-10-18(26-12-17)20(23)21-19-15(3)8-14(2)9-16(19)4/h8-10,12-13H,5-7,11H2,1-4H3,(H,21,23). The minimum atomic E-state index is -3.54. The first-order valence-corrected chi connectivity index (χ1v) is 11.5. The number of anilines is 1. The van der Waals surface area contributed by atoms with Crippen molar-refractivity contribution in [3.05, 3.63) is 45.1 Å². The summed E-state index contributed by atoms with van der Waals surface area (Å²) in [6.45, 7) is 9.09. The van der Waals surface area contributed by atoms with Crippen molar-refractivity contribution < 1.29 is 13.2 Å². The van der Waals surface area contributed by atoms with Crippen LogP contribution in [0.15, 0.2) is 28.5 Å². The number of rotatable bonds is 4. The van der Waals surface area contributed by atoms with Gasteiger partial charge in [-0.3, -0.25) is 4.79 Å². The molecule has 2 aromatic rings. The molecular weight excluding hydrogens is 380 g/mol. The molecule has 1 unspecified atom stereocenters. The molecule has 27 heavy (non-hydrogen) atoms. The molecule has 1 aromatic heterocycles. The molecular formula is C20H26N2O3S2. The van der Waals surface area contributed by atoms with Crippen LogP contribution in [0.2, 0.25) is 0 Å². The highest BCUT2D eigenvalue weighted by atomic mass is 32.2. The number of sulfonamides is 1. The van der Waals surface area contributed by atoms with Crippen molar-refractivity contribution in [2.24, 2.45) is 5.92 Å². The van der Waals surface area contributed by atoms with Crippen molar-refractivity contribution in [2.45, 2.75) is 45.4 Å². The molecule has 0 saturated carbocycles. The smallest absolute Gasteiger partial charge is 0.265 e. The lowest BCUT2D eigenvalue weighted by molar-refractivity contribution is 0.103. The fourth-order valence-corrected chi connectivity index (χ4v) is 6.39. The number of thiophene rings is 1. The Morgan fingerprint density at radius 2 is 1.85 bits per heavy atom. The predicted octanol–water partition coefficient (Wildman–Crippen LogP) is 4.35. The summed E-state index contributed by atoms with van der Waals surface area (Å²) < 4.78 is 27.3. The van der Waals surface area contributed by atoms with Crippen molar-refractivity contribution in [1.82, 2.24) is 4.31 Å². The largest absolute Gasteiger partial charge is 0.321 e. The van der Waals surface area contributed by atoms with E-state index in [0.717, 1.165) is 35.2 Å². The number of benzene rings is 1. The Balaban J connectivity index is 1.80. The van der Waals surface area contributed by atoms with Crippen LogP contribution in [0.4, 0.5) is 5.69 Å². The van der Waals surface area contributed by atoms with Gasteiger partial charge in [-0.15, -0.1) is 11.3 Å². The molecule has 0 radical (unpaired) electrons. The van der Waals surface area contributed by atoms with E-state index in [1.165, 1.54) is 17.4 Å².